The maximum absolute atomic E-state index is 12.8. The Morgan fingerprint density at radius 3 is 2.32 bits per heavy atom. The number of imide groups is 1. The van der Waals surface area contributed by atoms with Crippen molar-refractivity contribution in [1.29, 1.82) is 0 Å². The summed E-state index contributed by atoms with van der Waals surface area (Å²) in [6.45, 7) is 4.33. The van der Waals surface area contributed by atoms with Gasteiger partial charge in [0.15, 0.2) is 0 Å². The fraction of sp³-hybridized carbons (Fsp3) is 0.158. The zero-order valence-electron chi connectivity index (χ0n) is 13.8. The summed E-state index contributed by atoms with van der Waals surface area (Å²) in [5, 5.41) is -0.291. The van der Waals surface area contributed by atoms with Crippen LogP contribution in [0.2, 0.25) is 0 Å². The third kappa shape index (κ3) is 3.65. The quantitative estimate of drug-likeness (QED) is 0.617. The Hall–Kier alpha value is -2.05. The van der Waals surface area contributed by atoms with Crippen molar-refractivity contribution in [3.05, 3.63) is 63.5 Å². The number of carbonyl (C=O) groups excluding carboxylic acids is 2. The van der Waals surface area contributed by atoms with Crippen LogP contribution >= 0.6 is 27.7 Å². The van der Waals surface area contributed by atoms with E-state index in [1.165, 1.54) is 4.90 Å². The lowest BCUT2D eigenvalue weighted by Crippen LogP contribution is -2.27. The van der Waals surface area contributed by atoms with Gasteiger partial charge < -0.3 is 4.74 Å². The fourth-order valence-corrected chi connectivity index (χ4v) is 3.68. The van der Waals surface area contributed by atoms with E-state index in [0.29, 0.717) is 22.9 Å². The van der Waals surface area contributed by atoms with Gasteiger partial charge in [0.05, 0.1) is 17.2 Å². The molecule has 0 N–H and O–H groups in total. The van der Waals surface area contributed by atoms with Crippen molar-refractivity contribution in [1.82, 2.24) is 0 Å². The molecule has 1 heterocycles. The number of hydrogen-bond donors (Lipinski definition) is 0. The van der Waals surface area contributed by atoms with Crippen molar-refractivity contribution >= 4 is 50.1 Å². The van der Waals surface area contributed by atoms with Crippen LogP contribution in [-0.2, 0) is 4.79 Å². The summed E-state index contributed by atoms with van der Waals surface area (Å²) in [5.74, 6) is 0.416. The number of ether oxygens (including phenoxy) is 1. The van der Waals surface area contributed by atoms with Crippen LogP contribution in [0.25, 0.3) is 5.57 Å². The van der Waals surface area contributed by atoms with Crippen molar-refractivity contribution in [2.45, 2.75) is 13.8 Å². The SMILES string of the molecule is CCOc1ccc(N2C(=O)S/C(=C(/C)c3ccc(Br)cc3)C2=O)cc1. The highest BCUT2D eigenvalue weighted by atomic mass is 79.9. The minimum Gasteiger partial charge on any atom is -0.494 e. The molecule has 0 bridgehead atoms. The first-order valence-electron chi connectivity index (χ1n) is 7.77. The summed E-state index contributed by atoms with van der Waals surface area (Å²) in [6, 6.07) is 14.6. The fourth-order valence-electron chi connectivity index (χ4n) is 2.51. The molecule has 0 spiro atoms. The van der Waals surface area contributed by atoms with Crippen LogP contribution in [0, 0.1) is 0 Å². The predicted octanol–water partition coefficient (Wildman–Crippen LogP) is 5.48. The largest absolute Gasteiger partial charge is 0.494 e. The second-order valence-electron chi connectivity index (χ2n) is 5.40. The first-order valence-corrected chi connectivity index (χ1v) is 9.38. The molecule has 25 heavy (non-hydrogen) atoms. The topological polar surface area (TPSA) is 46.6 Å². The summed E-state index contributed by atoms with van der Waals surface area (Å²) < 4.78 is 6.36. The van der Waals surface area contributed by atoms with Crippen LogP contribution in [0.5, 0.6) is 5.75 Å². The molecule has 2 aromatic rings. The van der Waals surface area contributed by atoms with Gasteiger partial charge in [-0.3, -0.25) is 9.59 Å². The molecule has 6 heteroatoms. The maximum atomic E-state index is 12.8. The van der Waals surface area contributed by atoms with Gasteiger partial charge in [-0.15, -0.1) is 0 Å². The number of anilines is 1. The van der Waals surface area contributed by atoms with Gasteiger partial charge in [0, 0.05) is 4.47 Å². The van der Waals surface area contributed by atoms with Crippen molar-refractivity contribution in [3.8, 4) is 5.75 Å². The smallest absolute Gasteiger partial charge is 0.298 e. The lowest BCUT2D eigenvalue weighted by molar-refractivity contribution is -0.113. The van der Waals surface area contributed by atoms with Gasteiger partial charge in [0.1, 0.15) is 5.75 Å². The standard InChI is InChI=1S/C19H16BrNO3S/c1-3-24-16-10-8-15(9-11-16)21-18(22)17(25-19(21)23)12(2)13-4-6-14(20)7-5-13/h4-11H,3H2,1-2H3/b17-12-. The van der Waals surface area contributed by atoms with Crippen molar-refractivity contribution < 1.29 is 14.3 Å². The van der Waals surface area contributed by atoms with E-state index >= 15 is 0 Å². The summed E-state index contributed by atoms with van der Waals surface area (Å²) in [5.41, 5.74) is 2.26. The number of rotatable bonds is 4. The van der Waals surface area contributed by atoms with E-state index in [1.807, 2.05) is 38.1 Å². The highest BCUT2D eigenvalue weighted by Crippen LogP contribution is 2.39. The van der Waals surface area contributed by atoms with Crippen LogP contribution in [0.3, 0.4) is 0 Å². The summed E-state index contributed by atoms with van der Waals surface area (Å²) >= 11 is 4.37. The van der Waals surface area contributed by atoms with Crippen LogP contribution in [0.4, 0.5) is 10.5 Å². The minimum absolute atomic E-state index is 0.291. The Balaban J connectivity index is 1.91. The number of nitrogens with zero attached hydrogens (tertiary/aromatic N) is 1. The molecule has 0 unspecified atom stereocenters. The van der Waals surface area contributed by atoms with E-state index in [2.05, 4.69) is 15.9 Å². The highest BCUT2D eigenvalue weighted by molar-refractivity contribution is 9.10. The van der Waals surface area contributed by atoms with Crippen molar-refractivity contribution in [2.24, 2.45) is 0 Å². The highest BCUT2D eigenvalue weighted by Gasteiger charge is 2.37. The molecular formula is C19H16BrNO3S. The Bertz CT molecular complexity index is 844. The van der Waals surface area contributed by atoms with Gasteiger partial charge in [-0.2, -0.15) is 0 Å². The molecule has 0 saturated carbocycles. The first-order chi connectivity index (χ1) is 12.0. The number of hydrogen-bond acceptors (Lipinski definition) is 4. The Labute approximate surface area is 159 Å². The van der Waals surface area contributed by atoms with E-state index in [9.17, 15) is 9.59 Å². The summed E-state index contributed by atoms with van der Waals surface area (Å²) in [4.78, 5) is 26.9. The molecule has 0 radical (unpaired) electrons. The number of amides is 2. The lowest BCUT2D eigenvalue weighted by atomic mass is 10.1. The van der Waals surface area contributed by atoms with Crippen LogP contribution in [0.15, 0.2) is 57.9 Å². The number of carbonyl (C=O) groups is 2. The van der Waals surface area contributed by atoms with Crippen LogP contribution < -0.4 is 9.64 Å². The van der Waals surface area contributed by atoms with Crippen molar-refractivity contribution in [2.75, 3.05) is 11.5 Å². The van der Waals surface area contributed by atoms with Crippen LogP contribution in [0.1, 0.15) is 19.4 Å². The summed E-state index contributed by atoms with van der Waals surface area (Å²) in [7, 11) is 0. The van der Waals surface area contributed by atoms with E-state index < -0.39 is 0 Å². The predicted molar refractivity (Wildman–Crippen MR) is 105 cm³/mol. The molecule has 3 rings (SSSR count). The molecule has 0 aliphatic carbocycles. The molecule has 128 valence electrons. The molecule has 2 aromatic carbocycles. The van der Waals surface area contributed by atoms with Crippen LogP contribution in [-0.4, -0.2) is 17.8 Å². The van der Waals surface area contributed by atoms with E-state index in [0.717, 1.165) is 27.4 Å². The second kappa shape index (κ2) is 7.45. The van der Waals surface area contributed by atoms with Gasteiger partial charge in [0.2, 0.25) is 0 Å². The van der Waals surface area contributed by atoms with Gasteiger partial charge in [0.25, 0.3) is 11.1 Å². The van der Waals surface area contributed by atoms with E-state index in [1.54, 1.807) is 24.3 Å². The Morgan fingerprint density at radius 2 is 1.72 bits per heavy atom. The van der Waals surface area contributed by atoms with Gasteiger partial charge in [-0.05, 0) is 73.1 Å². The Kier molecular flexibility index (Phi) is 5.30. The van der Waals surface area contributed by atoms with E-state index in [4.69, 9.17) is 4.74 Å². The maximum Gasteiger partial charge on any atom is 0.298 e. The van der Waals surface area contributed by atoms with Crippen molar-refractivity contribution in [3.63, 3.8) is 0 Å². The third-order valence-electron chi connectivity index (χ3n) is 3.79. The lowest BCUT2D eigenvalue weighted by Gasteiger charge is -2.13. The van der Waals surface area contributed by atoms with E-state index in [-0.39, 0.29) is 11.1 Å². The van der Waals surface area contributed by atoms with Gasteiger partial charge >= 0.3 is 0 Å². The molecule has 2 amide bonds. The number of thioether (sulfide) groups is 1. The molecule has 0 aromatic heterocycles. The molecule has 1 aliphatic heterocycles. The van der Waals surface area contributed by atoms with Gasteiger partial charge in [-0.25, -0.2) is 4.90 Å². The number of allylic oxidation sites excluding steroid dienone is 1. The minimum atomic E-state index is -0.292. The average molecular weight is 418 g/mol. The molecule has 1 aliphatic rings. The number of benzene rings is 2. The normalized spacial score (nSPS) is 16.4. The summed E-state index contributed by atoms with van der Waals surface area (Å²) in [6.07, 6.45) is 0. The third-order valence-corrected chi connectivity index (χ3v) is 5.36. The molecule has 1 fully saturated rings. The second-order valence-corrected chi connectivity index (χ2v) is 7.27. The molecule has 4 nitrogen and oxygen atoms in total. The zero-order chi connectivity index (χ0) is 18.0. The molecular weight excluding hydrogens is 402 g/mol. The van der Waals surface area contributed by atoms with Gasteiger partial charge in [-0.1, -0.05) is 28.1 Å². The Morgan fingerprint density at radius 1 is 1.08 bits per heavy atom. The number of halogens is 1. The first kappa shape index (κ1) is 17.8. The monoisotopic (exact) mass is 417 g/mol. The zero-order valence-corrected chi connectivity index (χ0v) is 16.2. The average Bonchev–Trinajstić information content (AvgIpc) is 2.91. The molecule has 1 saturated heterocycles. The molecule has 0 atom stereocenters.